The number of nitrogens with one attached hydrogen (secondary N) is 2. The van der Waals surface area contributed by atoms with Gasteiger partial charge in [-0.2, -0.15) is 0 Å². The topological polar surface area (TPSA) is 41.1 Å². The monoisotopic (exact) mass is 296 g/mol. The van der Waals surface area contributed by atoms with E-state index in [4.69, 9.17) is 0 Å². The summed E-state index contributed by atoms with van der Waals surface area (Å²) < 4.78 is 27.4. The van der Waals surface area contributed by atoms with Crippen molar-refractivity contribution in [1.82, 2.24) is 10.6 Å². The Hall–Kier alpha value is -1.53. The number of hydrogen-bond donors (Lipinski definition) is 2. The number of piperidine rings is 1. The van der Waals surface area contributed by atoms with Crippen molar-refractivity contribution >= 4 is 27.3 Å². The lowest BCUT2D eigenvalue weighted by Crippen LogP contribution is -2.45. The highest BCUT2D eigenvalue weighted by molar-refractivity contribution is 7.20. The fourth-order valence-electron chi connectivity index (χ4n) is 2.40. The maximum absolute atomic E-state index is 13.6. The van der Waals surface area contributed by atoms with Crippen molar-refractivity contribution in [2.75, 3.05) is 13.1 Å². The fraction of sp³-hybridized carbons (Fsp3) is 0.357. The summed E-state index contributed by atoms with van der Waals surface area (Å²) in [5, 5.41) is 6.27. The van der Waals surface area contributed by atoms with Crippen LogP contribution in [0.4, 0.5) is 8.78 Å². The van der Waals surface area contributed by atoms with E-state index < -0.39 is 11.6 Å². The highest BCUT2D eigenvalue weighted by Gasteiger charge is 2.19. The lowest BCUT2D eigenvalue weighted by molar-refractivity contribution is 0.0935. The van der Waals surface area contributed by atoms with Gasteiger partial charge in [-0.3, -0.25) is 4.79 Å². The number of halogens is 2. The minimum absolute atomic E-state index is 0.0798. The number of amides is 1. The second-order valence-electron chi connectivity index (χ2n) is 4.90. The van der Waals surface area contributed by atoms with Crippen LogP contribution >= 0.6 is 11.3 Å². The van der Waals surface area contributed by atoms with Crippen molar-refractivity contribution in [3.8, 4) is 0 Å². The molecule has 0 spiro atoms. The molecule has 0 saturated carbocycles. The summed E-state index contributed by atoms with van der Waals surface area (Å²) >= 11 is 0.987. The zero-order valence-corrected chi connectivity index (χ0v) is 11.5. The first-order valence-corrected chi connectivity index (χ1v) is 7.36. The summed E-state index contributed by atoms with van der Waals surface area (Å²) in [4.78, 5) is 12.5. The van der Waals surface area contributed by atoms with Crippen LogP contribution in [0.2, 0.25) is 0 Å². The Balaban J connectivity index is 1.84. The van der Waals surface area contributed by atoms with Crippen LogP contribution in [-0.2, 0) is 0 Å². The number of fused-ring (bicyclic) bond motifs is 1. The zero-order chi connectivity index (χ0) is 14.1. The first-order chi connectivity index (χ1) is 9.65. The number of carbonyl (C=O) groups is 1. The third-order valence-electron chi connectivity index (χ3n) is 3.44. The van der Waals surface area contributed by atoms with Crippen LogP contribution in [0, 0.1) is 11.6 Å². The molecule has 1 atom stereocenters. The predicted molar refractivity (Wildman–Crippen MR) is 75.1 cm³/mol. The first kappa shape index (κ1) is 13.5. The SMILES string of the molecule is O=C(N[C@@H]1CCCNC1)c1cc2c(F)ccc(F)c2s1. The van der Waals surface area contributed by atoms with Crippen molar-refractivity contribution in [1.29, 1.82) is 0 Å². The minimum atomic E-state index is -0.504. The summed E-state index contributed by atoms with van der Waals surface area (Å²) in [5.74, 6) is -1.26. The minimum Gasteiger partial charge on any atom is -0.347 e. The molecule has 6 heteroatoms. The summed E-state index contributed by atoms with van der Waals surface area (Å²) in [7, 11) is 0. The number of carbonyl (C=O) groups excluding carboxylic acids is 1. The van der Waals surface area contributed by atoms with Crippen molar-refractivity contribution < 1.29 is 13.6 Å². The number of rotatable bonds is 2. The van der Waals surface area contributed by atoms with Crippen LogP contribution in [0.1, 0.15) is 22.5 Å². The molecule has 20 heavy (non-hydrogen) atoms. The molecule has 0 unspecified atom stereocenters. The van der Waals surface area contributed by atoms with Crippen molar-refractivity contribution in [2.24, 2.45) is 0 Å². The van der Waals surface area contributed by atoms with Crippen LogP contribution in [0.3, 0.4) is 0 Å². The largest absolute Gasteiger partial charge is 0.347 e. The summed E-state index contributed by atoms with van der Waals surface area (Å²) in [6.45, 7) is 1.70. The van der Waals surface area contributed by atoms with Gasteiger partial charge >= 0.3 is 0 Å². The van der Waals surface area contributed by atoms with Crippen LogP contribution < -0.4 is 10.6 Å². The molecule has 2 heterocycles. The van der Waals surface area contributed by atoms with Gasteiger partial charge in [-0.05, 0) is 37.6 Å². The zero-order valence-electron chi connectivity index (χ0n) is 10.7. The lowest BCUT2D eigenvalue weighted by Gasteiger charge is -2.23. The normalized spacial score (nSPS) is 19.2. The highest BCUT2D eigenvalue weighted by atomic mass is 32.1. The number of benzene rings is 1. The highest BCUT2D eigenvalue weighted by Crippen LogP contribution is 2.30. The van der Waals surface area contributed by atoms with E-state index >= 15 is 0 Å². The van der Waals surface area contributed by atoms with Gasteiger partial charge in [0.15, 0.2) is 0 Å². The average molecular weight is 296 g/mol. The molecule has 0 aliphatic carbocycles. The summed E-state index contributed by atoms with van der Waals surface area (Å²) in [6, 6.07) is 3.67. The van der Waals surface area contributed by atoms with Gasteiger partial charge in [-0.15, -0.1) is 11.3 Å². The van der Waals surface area contributed by atoms with E-state index in [2.05, 4.69) is 10.6 Å². The van der Waals surface area contributed by atoms with Gasteiger partial charge < -0.3 is 10.6 Å². The molecule has 1 aromatic heterocycles. The Labute approximate surface area is 119 Å². The van der Waals surface area contributed by atoms with E-state index in [0.29, 0.717) is 4.88 Å². The Morgan fingerprint density at radius 1 is 1.35 bits per heavy atom. The average Bonchev–Trinajstić information content (AvgIpc) is 2.91. The van der Waals surface area contributed by atoms with Gasteiger partial charge in [0, 0.05) is 18.0 Å². The van der Waals surface area contributed by atoms with Crippen molar-refractivity contribution in [3.63, 3.8) is 0 Å². The van der Waals surface area contributed by atoms with E-state index in [0.717, 1.165) is 49.4 Å². The maximum atomic E-state index is 13.6. The van der Waals surface area contributed by atoms with Gasteiger partial charge in [0.05, 0.1) is 9.58 Å². The molecule has 3 rings (SSSR count). The Kier molecular flexibility index (Phi) is 3.67. The second-order valence-corrected chi connectivity index (χ2v) is 5.95. The molecule has 106 valence electrons. The molecule has 2 N–H and O–H groups in total. The summed E-state index contributed by atoms with van der Waals surface area (Å²) in [5.41, 5.74) is 0. The third-order valence-corrected chi connectivity index (χ3v) is 4.58. The predicted octanol–water partition coefficient (Wildman–Crippen LogP) is 2.66. The Morgan fingerprint density at radius 2 is 2.15 bits per heavy atom. The van der Waals surface area contributed by atoms with Crippen LogP contribution in [0.15, 0.2) is 18.2 Å². The first-order valence-electron chi connectivity index (χ1n) is 6.54. The van der Waals surface area contributed by atoms with Gasteiger partial charge in [-0.25, -0.2) is 8.78 Å². The Bertz CT molecular complexity index is 611. The van der Waals surface area contributed by atoms with Crippen LogP contribution in [-0.4, -0.2) is 25.0 Å². The molecule has 1 saturated heterocycles. The van der Waals surface area contributed by atoms with Crippen molar-refractivity contribution in [2.45, 2.75) is 18.9 Å². The smallest absolute Gasteiger partial charge is 0.261 e. The molecule has 1 aliphatic rings. The maximum Gasteiger partial charge on any atom is 0.261 e. The van der Waals surface area contributed by atoms with E-state index in [9.17, 15) is 13.6 Å². The molecule has 2 aromatic rings. The fourth-order valence-corrected chi connectivity index (χ4v) is 3.38. The van der Waals surface area contributed by atoms with Crippen LogP contribution in [0.5, 0.6) is 0 Å². The lowest BCUT2D eigenvalue weighted by atomic mass is 10.1. The number of thiophene rings is 1. The van der Waals surface area contributed by atoms with Gasteiger partial charge in [0.2, 0.25) is 0 Å². The van der Waals surface area contributed by atoms with E-state index in [-0.39, 0.29) is 22.0 Å². The molecule has 3 nitrogen and oxygen atoms in total. The molecule has 1 aliphatic heterocycles. The molecule has 1 amide bonds. The third kappa shape index (κ3) is 2.53. The molecular weight excluding hydrogens is 282 g/mol. The van der Waals surface area contributed by atoms with Gasteiger partial charge in [-0.1, -0.05) is 0 Å². The van der Waals surface area contributed by atoms with Crippen LogP contribution in [0.25, 0.3) is 10.1 Å². The van der Waals surface area contributed by atoms with E-state index in [1.54, 1.807) is 0 Å². The van der Waals surface area contributed by atoms with Gasteiger partial charge in [0.1, 0.15) is 11.6 Å². The second kappa shape index (κ2) is 5.46. The standard InChI is InChI=1S/C14H14F2N2OS/c15-10-3-4-11(16)13-9(10)6-12(20-13)14(19)18-8-2-1-5-17-7-8/h3-4,6,8,17H,1-2,5,7H2,(H,18,19)/t8-/m1/s1. The Morgan fingerprint density at radius 3 is 2.85 bits per heavy atom. The van der Waals surface area contributed by atoms with E-state index in [1.807, 2.05) is 0 Å². The molecule has 0 bridgehead atoms. The summed E-state index contributed by atoms with van der Waals surface area (Å²) in [6.07, 6.45) is 1.94. The molecule has 1 fully saturated rings. The number of hydrogen-bond acceptors (Lipinski definition) is 3. The van der Waals surface area contributed by atoms with Gasteiger partial charge in [0.25, 0.3) is 5.91 Å². The van der Waals surface area contributed by atoms with Crippen molar-refractivity contribution in [3.05, 3.63) is 34.7 Å². The molecular formula is C14H14F2N2OS. The molecule has 1 aromatic carbocycles. The molecule has 0 radical (unpaired) electrons. The van der Waals surface area contributed by atoms with E-state index in [1.165, 1.54) is 6.07 Å². The quantitative estimate of drug-likeness (QED) is 0.894.